The molecule has 2 aromatic rings. The number of carbonyl (C=O) groups excluding carboxylic acids is 2. The lowest BCUT2D eigenvalue weighted by Crippen LogP contribution is -2.39. The van der Waals surface area contributed by atoms with E-state index in [0.29, 0.717) is 16.8 Å². The predicted molar refractivity (Wildman–Crippen MR) is 112 cm³/mol. The molecule has 0 unspecified atom stereocenters. The molecule has 0 bridgehead atoms. The minimum Gasteiger partial charge on any atom is -0.465 e. The predicted octanol–water partition coefficient (Wildman–Crippen LogP) is 2.01. The zero-order chi connectivity index (χ0) is 21.6. The molecule has 2 rings (SSSR count). The molecule has 0 aromatic heterocycles. The molecule has 9 heteroatoms. The van der Waals surface area contributed by atoms with E-state index in [1.165, 1.54) is 13.3 Å². The van der Waals surface area contributed by atoms with Crippen LogP contribution < -0.4 is 9.73 Å². The molecule has 0 aliphatic carbocycles. The van der Waals surface area contributed by atoms with Crippen LogP contribution >= 0.6 is 0 Å². The van der Waals surface area contributed by atoms with E-state index < -0.39 is 28.4 Å². The molecule has 0 aliphatic heterocycles. The summed E-state index contributed by atoms with van der Waals surface area (Å²) >= 11 is 0. The van der Waals surface area contributed by atoms with E-state index in [1.54, 1.807) is 50.2 Å². The summed E-state index contributed by atoms with van der Waals surface area (Å²) in [6.45, 7) is 3.17. The summed E-state index contributed by atoms with van der Waals surface area (Å²) in [4.78, 5) is 23.7. The molecule has 0 saturated heterocycles. The van der Waals surface area contributed by atoms with Crippen molar-refractivity contribution < 1.29 is 22.7 Å². The third kappa shape index (κ3) is 5.89. The van der Waals surface area contributed by atoms with Gasteiger partial charge in [-0.1, -0.05) is 30.3 Å². The fraction of sp³-hybridized carbons (Fsp3) is 0.250. The van der Waals surface area contributed by atoms with E-state index in [2.05, 4.69) is 15.3 Å². The molecule has 2 aromatic carbocycles. The Bertz CT molecular complexity index is 1010. The van der Waals surface area contributed by atoms with Crippen LogP contribution in [-0.2, 0) is 19.6 Å². The van der Waals surface area contributed by atoms with E-state index in [0.717, 1.165) is 21.7 Å². The van der Waals surface area contributed by atoms with E-state index >= 15 is 0 Å². The van der Waals surface area contributed by atoms with Crippen molar-refractivity contribution >= 4 is 33.8 Å². The Morgan fingerprint density at radius 2 is 1.69 bits per heavy atom. The summed E-state index contributed by atoms with van der Waals surface area (Å²) in [5.41, 5.74) is 5.34. The number of benzene rings is 2. The Labute approximate surface area is 170 Å². The fourth-order valence-corrected chi connectivity index (χ4v) is 3.70. The van der Waals surface area contributed by atoms with Crippen molar-refractivity contribution in [1.82, 2.24) is 5.43 Å². The molecule has 0 atom stereocenters. The number of amides is 1. The molecule has 154 valence electrons. The SMILES string of the molecule is COC(=O)c1ccc(C=NNC(=O)CN(c2c(C)cccc2C)S(C)(=O)=O)cc1. The Hall–Kier alpha value is -3.20. The number of ether oxygens (including phenoxy) is 1. The molecule has 1 N–H and O–H groups in total. The average molecular weight is 417 g/mol. The molecular weight excluding hydrogens is 394 g/mol. The third-order valence-electron chi connectivity index (χ3n) is 4.11. The molecule has 0 heterocycles. The monoisotopic (exact) mass is 417 g/mol. The number of aryl methyl sites for hydroxylation is 2. The van der Waals surface area contributed by atoms with Crippen molar-refractivity contribution in [3.63, 3.8) is 0 Å². The molecular formula is C20H23N3O5S. The largest absolute Gasteiger partial charge is 0.465 e. The van der Waals surface area contributed by atoms with Crippen LogP contribution in [0.5, 0.6) is 0 Å². The lowest BCUT2D eigenvalue weighted by Gasteiger charge is -2.25. The number of carbonyl (C=O) groups is 2. The van der Waals surface area contributed by atoms with Gasteiger partial charge in [-0.25, -0.2) is 18.6 Å². The van der Waals surface area contributed by atoms with Crippen molar-refractivity contribution in [1.29, 1.82) is 0 Å². The topological polar surface area (TPSA) is 105 Å². The van der Waals surface area contributed by atoms with Crippen LogP contribution in [0.25, 0.3) is 0 Å². The van der Waals surface area contributed by atoms with Crippen molar-refractivity contribution in [2.24, 2.45) is 5.10 Å². The van der Waals surface area contributed by atoms with E-state index in [1.807, 2.05) is 6.07 Å². The molecule has 0 fully saturated rings. The van der Waals surface area contributed by atoms with Gasteiger partial charge in [-0.2, -0.15) is 5.10 Å². The number of esters is 1. The molecule has 0 saturated carbocycles. The van der Waals surface area contributed by atoms with Crippen LogP contribution in [0.4, 0.5) is 5.69 Å². The van der Waals surface area contributed by atoms with Gasteiger partial charge in [-0.05, 0) is 42.7 Å². The highest BCUT2D eigenvalue weighted by Crippen LogP contribution is 2.26. The van der Waals surface area contributed by atoms with Gasteiger partial charge in [0, 0.05) is 0 Å². The van der Waals surface area contributed by atoms with Gasteiger partial charge < -0.3 is 4.74 Å². The first-order valence-electron chi connectivity index (χ1n) is 8.67. The maximum absolute atomic E-state index is 12.3. The summed E-state index contributed by atoms with van der Waals surface area (Å²) in [6.07, 6.45) is 2.45. The second kappa shape index (κ2) is 9.33. The first kappa shape index (κ1) is 22.1. The number of sulfonamides is 1. The Kier molecular flexibility index (Phi) is 7.11. The quantitative estimate of drug-likeness (QED) is 0.421. The number of hydrogen-bond acceptors (Lipinski definition) is 6. The first-order valence-corrected chi connectivity index (χ1v) is 10.5. The smallest absolute Gasteiger partial charge is 0.337 e. The average Bonchev–Trinajstić information content (AvgIpc) is 2.66. The molecule has 0 spiro atoms. The van der Waals surface area contributed by atoms with Gasteiger partial charge in [0.25, 0.3) is 5.91 Å². The number of rotatable bonds is 7. The highest BCUT2D eigenvalue weighted by molar-refractivity contribution is 7.92. The van der Waals surface area contributed by atoms with Crippen LogP contribution in [0.15, 0.2) is 47.6 Å². The highest BCUT2D eigenvalue weighted by atomic mass is 32.2. The van der Waals surface area contributed by atoms with Crippen LogP contribution in [0.3, 0.4) is 0 Å². The van der Waals surface area contributed by atoms with E-state index in [9.17, 15) is 18.0 Å². The lowest BCUT2D eigenvalue weighted by molar-refractivity contribution is -0.119. The minimum atomic E-state index is -3.67. The maximum atomic E-state index is 12.3. The second-order valence-electron chi connectivity index (χ2n) is 6.42. The molecule has 1 amide bonds. The number of hydrazone groups is 1. The van der Waals surface area contributed by atoms with E-state index in [-0.39, 0.29) is 0 Å². The third-order valence-corrected chi connectivity index (χ3v) is 5.22. The van der Waals surface area contributed by atoms with Gasteiger partial charge in [-0.3, -0.25) is 9.10 Å². The van der Waals surface area contributed by atoms with Crippen LogP contribution in [0.1, 0.15) is 27.0 Å². The number of nitrogens with zero attached hydrogens (tertiary/aromatic N) is 2. The van der Waals surface area contributed by atoms with Gasteiger partial charge in [0.2, 0.25) is 10.0 Å². The summed E-state index contributed by atoms with van der Waals surface area (Å²) in [5.74, 6) is -1.03. The van der Waals surface area contributed by atoms with Crippen molar-refractivity contribution in [2.45, 2.75) is 13.8 Å². The fourth-order valence-electron chi connectivity index (χ4n) is 2.73. The zero-order valence-electron chi connectivity index (χ0n) is 16.7. The zero-order valence-corrected chi connectivity index (χ0v) is 17.5. The van der Waals surface area contributed by atoms with Gasteiger partial charge in [0.1, 0.15) is 6.54 Å². The minimum absolute atomic E-state index is 0.395. The number of nitrogens with one attached hydrogen (secondary N) is 1. The Morgan fingerprint density at radius 1 is 1.10 bits per heavy atom. The second-order valence-corrected chi connectivity index (χ2v) is 8.32. The number of para-hydroxylation sites is 1. The van der Waals surface area contributed by atoms with Crippen LogP contribution in [0.2, 0.25) is 0 Å². The van der Waals surface area contributed by atoms with Crippen molar-refractivity contribution in [3.8, 4) is 0 Å². The summed E-state index contributed by atoms with van der Waals surface area (Å²) in [5, 5.41) is 3.85. The van der Waals surface area contributed by atoms with Crippen molar-refractivity contribution in [2.75, 3.05) is 24.2 Å². The Morgan fingerprint density at radius 3 is 2.21 bits per heavy atom. The highest BCUT2D eigenvalue weighted by Gasteiger charge is 2.23. The number of methoxy groups -OCH3 is 1. The summed E-state index contributed by atoms with van der Waals surface area (Å²) in [7, 11) is -2.38. The van der Waals surface area contributed by atoms with Gasteiger partial charge in [0.15, 0.2) is 0 Å². The summed E-state index contributed by atoms with van der Waals surface area (Å²) < 4.78 is 30.2. The molecule has 0 aliphatic rings. The van der Waals surface area contributed by atoms with Gasteiger partial charge in [0.05, 0.1) is 30.8 Å². The molecule has 0 radical (unpaired) electrons. The molecule has 8 nitrogen and oxygen atoms in total. The number of anilines is 1. The van der Waals surface area contributed by atoms with Gasteiger partial charge >= 0.3 is 5.97 Å². The normalized spacial score (nSPS) is 11.3. The van der Waals surface area contributed by atoms with Crippen molar-refractivity contribution in [3.05, 3.63) is 64.7 Å². The van der Waals surface area contributed by atoms with E-state index in [4.69, 9.17) is 0 Å². The number of hydrogen-bond donors (Lipinski definition) is 1. The lowest BCUT2D eigenvalue weighted by atomic mass is 10.1. The first-order chi connectivity index (χ1) is 13.6. The molecule has 29 heavy (non-hydrogen) atoms. The standard InChI is InChI=1S/C20H23N3O5S/c1-14-6-5-7-15(2)19(14)23(29(4,26)27)13-18(24)22-21-12-16-8-10-17(11-9-16)20(25)28-3/h5-12H,13H2,1-4H3,(H,22,24). The van der Waals surface area contributed by atoms with Gasteiger partial charge in [-0.15, -0.1) is 0 Å². The summed E-state index contributed by atoms with van der Waals surface area (Å²) in [6, 6.07) is 11.8. The maximum Gasteiger partial charge on any atom is 0.337 e. The van der Waals surface area contributed by atoms with Crippen LogP contribution in [0, 0.1) is 13.8 Å². The Balaban J connectivity index is 2.09. The van der Waals surface area contributed by atoms with Crippen LogP contribution in [-0.4, -0.2) is 46.4 Å².